The Balaban J connectivity index is 1.74. The molecule has 1 unspecified atom stereocenters. The van der Waals surface area contributed by atoms with Crippen molar-refractivity contribution >= 4 is 11.6 Å². The molecule has 0 bridgehead atoms. The fraction of sp³-hybridized carbons (Fsp3) is 0.611. The lowest BCUT2D eigenvalue weighted by Crippen LogP contribution is -2.41. The number of methoxy groups -OCH3 is 1. The van der Waals surface area contributed by atoms with Crippen molar-refractivity contribution in [1.29, 1.82) is 0 Å². The number of benzene rings is 1. The van der Waals surface area contributed by atoms with Crippen LogP contribution in [0.4, 0.5) is 5.69 Å². The van der Waals surface area contributed by atoms with Crippen LogP contribution in [0.2, 0.25) is 0 Å². The smallest absolute Gasteiger partial charge is 0.311 e. The van der Waals surface area contributed by atoms with Gasteiger partial charge < -0.3 is 19.7 Å². The lowest BCUT2D eigenvalue weighted by Gasteiger charge is -2.25. The van der Waals surface area contributed by atoms with Crippen LogP contribution in [-0.2, 0) is 11.3 Å². The number of guanidine groups is 1. The molecule has 8 nitrogen and oxygen atoms in total. The van der Waals surface area contributed by atoms with E-state index < -0.39 is 4.92 Å². The molecule has 1 atom stereocenters. The maximum absolute atomic E-state index is 11.2. The van der Waals surface area contributed by atoms with Gasteiger partial charge in [0.1, 0.15) is 0 Å². The van der Waals surface area contributed by atoms with Crippen LogP contribution in [0, 0.1) is 15.5 Å². The van der Waals surface area contributed by atoms with Crippen LogP contribution in [0.15, 0.2) is 23.2 Å². The molecule has 0 amide bonds. The number of hydrogen-bond donors (Lipinski definition) is 1. The van der Waals surface area contributed by atoms with E-state index >= 15 is 0 Å². The van der Waals surface area contributed by atoms with Gasteiger partial charge in [-0.25, -0.2) is 4.99 Å². The maximum Gasteiger partial charge on any atom is 0.311 e. The van der Waals surface area contributed by atoms with Crippen molar-refractivity contribution in [2.45, 2.75) is 26.3 Å². The Kier molecular flexibility index (Phi) is 5.61. The summed E-state index contributed by atoms with van der Waals surface area (Å²) in [6.07, 6.45) is 2.22. The molecule has 1 spiro atoms. The number of hydrogen-bond acceptors (Lipinski definition) is 5. The van der Waals surface area contributed by atoms with Crippen molar-refractivity contribution in [2.24, 2.45) is 10.4 Å². The predicted octanol–water partition coefficient (Wildman–Crippen LogP) is 2.18. The number of nitro benzene ring substituents is 1. The Morgan fingerprint density at radius 2 is 2.35 bits per heavy atom. The molecule has 2 aliphatic heterocycles. The summed E-state index contributed by atoms with van der Waals surface area (Å²) in [5, 5.41) is 14.5. The number of nitrogens with one attached hydrogen (secondary N) is 1. The minimum Gasteiger partial charge on any atom is -0.490 e. The zero-order chi connectivity index (χ0) is 18.6. The monoisotopic (exact) mass is 362 g/mol. The Morgan fingerprint density at radius 3 is 3.00 bits per heavy atom. The first-order valence-electron chi connectivity index (χ1n) is 8.99. The number of aliphatic imine (C=N–C) groups is 1. The number of nitro groups is 1. The van der Waals surface area contributed by atoms with Crippen molar-refractivity contribution in [1.82, 2.24) is 10.2 Å². The summed E-state index contributed by atoms with van der Waals surface area (Å²) < 4.78 is 10.6. The van der Waals surface area contributed by atoms with Crippen molar-refractivity contribution in [3.8, 4) is 5.75 Å². The maximum atomic E-state index is 11.2. The number of ether oxygens (including phenoxy) is 2. The van der Waals surface area contributed by atoms with E-state index in [2.05, 4.69) is 10.2 Å². The normalized spacial score (nSPS) is 22.8. The average Bonchev–Trinajstić information content (AvgIpc) is 3.28. The molecule has 0 aliphatic carbocycles. The van der Waals surface area contributed by atoms with E-state index in [4.69, 9.17) is 14.5 Å². The molecule has 1 N–H and O–H groups in total. The quantitative estimate of drug-likeness (QED) is 0.374. The Bertz CT molecular complexity index is 686. The van der Waals surface area contributed by atoms with E-state index in [9.17, 15) is 10.1 Å². The molecule has 142 valence electrons. The van der Waals surface area contributed by atoms with Crippen molar-refractivity contribution < 1.29 is 14.4 Å². The minimum atomic E-state index is -0.429. The highest BCUT2D eigenvalue weighted by Crippen LogP contribution is 2.38. The predicted molar refractivity (Wildman–Crippen MR) is 98.5 cm³/mol. The van der Waals surface area contributed by atoms with Crippen LogP contribution < -0.4 is 10.1 Å². The van der Waals surface area contributed by atoms with Gasteiger partial charge in [-0.1, -0.05) is 6.07 Å². The van der Waals surface area contributed by atoms with Gasteiger partial charge in [-0.3, -0.25) is 10.1 Å². The summed E-state index contributed by atoms with van der Waals surface area (Å²) in [6.45, 7) is 6.77. The third-order valence-electron chi connectivity index (χ3n) is 5.11. The SMILES string of the molecule is CCNC(=NCc1ccc(OC)c([N+](=O)[O-])c1)N1CCC2(CCOC2)C1. The summed E-state index contributed by atoms with van der Waals surface area (Å²) in [6, 6.07) is 4.97. The molecule has 3 rings (SSSR count). The van der Waals surface area contributed by atoms with Gasteiger partial charge in [0, 0.05) is 37.7 Å². The van der Waals surface area contributed by atoms with Crippen molar-refractivity contribution in [2.75, 3.05) is 40.0 Å². The summed E-state index contributed by atoms with van der Waals surface area (Å²) in [5.74, 6) is 1.12. The summed E-state index contributed by atoms with van der Waals surface area (Å²) in [5.41, 5.74) is 1.01. The topological polar surface area (TPSA) is 89.2 Å². The van der Waals surface area contributed by atoms with Crippen LogP contribution in [0.1, 0.15) is 25.3 Å². The zero-order valence-electron chi connectivity index (χ0n) is 15.4. The van der Waals surface area contributed by atoms with E-state index in [1.807, 2.05) is 13.0 Å². The number of likely N-dealkylation sites (tertiary alicyclic amines) is 1. The molecule has 1 aromatic carbocycles. The van der Waals surface area contributed by atoms with Gasteiger partial charge >= 0.3 is 5.69 Å². The molecular formula is C18H26N4O4. The molecule has 2 saturated heterocycles. The molecule has 2 heterocycles. The van der Waals surface area contributed by atoms with Gasteiger partial charge in [0.15, 0.2) is 11.7 Å². The highest BCUT2D eigenvalue weighted by molar-refractivity contribution is 5.80. The second-order valence-electron chi connectivity index (χ2n) is 6.91. The lowest BCUT2D eigenvalue weighted by atomic mass is 9.87. The number of rotatable bonds is 5. The third-order valence-corrected chi connectivity index (χ3v) is 5.11. The van der Waals surface area contributed by atoms with Crippen LogP contribution in [-0.4, -0.2) is 55.7 Å². The van der Waals surface area contributed by atoms with Gasteiger partial charge in [-0.05, 0) is 31.4 Å². The first kappa shape index (κ1) is 18.4. The molecule has 8 heteroatoms. The summed E-state index contributed by atoms with van der Waals surface area (Å²) >= 11 is 0. The van der Waals surface area contributed by atoms with Gasteiger partial charge in [0.2, 0.25) is 0 Å². The first-order chi connectivity index (χ1) is 12.6. The van der Waals surface area contributed by atoms with Crippen molar-refractivity contribution in [3.63, 3.8) is 0 Å². The fourth-order valence-corrected chi connectivity index (χ4v) is 3.66. The average molecular weight is 362 g/mol. The Labute approximate surface area is 153 Å². The van der Waals surface area contributed by atoms with Gasteiger partial charge in [-0.15, -0.1) is 0 Å². The molecule has 0 saturated carbocycles. The van der Waals surface area contributed by atoms with Gasteiger partial charge in [0.05, 0.1) is 25.2 Å². The summed E-state index contributed by atoms with van der Waals surface area (Å²) in [4.78, 5) is 17.7. The van der Waals surface area contributed by atoms with E-state index in [-0.39, 0.29) is 16.9 Å². The highest BCUT2D eigenvalue weighted by Gasteiger charge is 2.42. The number of nitrogens with zero attached hydrogens (tertiary/aromatic N) is 3. The van der Waals surface area contributed by atoms with Crippen LogP contribution in [0.3, 0.4) is 0 Å². The largest absolute Gasteiger partial charge is 0.490 e. The first-order valence-corrected chi connectivity index (χ1v) is 8.99. The third kappa shape index (κ3) is 3.90. The highest BCUT2D eigenvalue weighted by atomic mass is 16.6. The van der Waals surface area contributed by atoms with Crippen LogP contribution in [0.5, 0.6) is 5.75 Å². The van der Waals surface area contributed by atoms with Crippen LogP contribution in [0.25, 0.3) is 0 Å². The van der Waals surface area contributed by atoms with E-state index in [1.54, 1.807) is 6.07 Å². The van der Waals surface area contributed by atoms with E-state index in [0.717, 1.165) is 57.2 Å². The second kappa shape index (κ2) is 7.90. The fourth-order valence-electron chi connectivity index (χ4n) is 3.66. The Morgan fingerprint density at radius 1 is 1.50 bits per heavy atom. The van der Waals surface area contributed by atoms with Crippen molar-refractivity contribution in [3.05, 3.63) is 33.9 Å². The van der Waals surface area contributed by atoms with Crippen LogP contribution >= 0.6 is 0 Å². The zero-order valence-corrected chi connectivity index (χ0v) is 15.4. The lowest BCUT2D eigenvalue weighted by molar-refractivity contribution is -0.385. The standard InChI is InChI=1S/C18H26N4O4/c1-3-19-17(21-8-6-18(12-21)7-9-26-13-18)20-11-14-4-5-16(25-2)15(10-14)22(23)24/h4-5,10H,3,6-9,11-13H2,1-2H3,(H,19,20). The molecule has 26 heavy (non-hydrogen) atoms. The Hall–Kier alpha value is -2.35. The molecule has 2 fully saturated rings. The summed E-state index contributed by atoms with van der Waals surface area (Å²) in [7, 11) is 1.43. The minimum absolute atomic E-state index is 0.0339. The molecule has 1 aromatic rings. The molecule has 2 aliphatic rings. The van der Waals surface area contributed by atoms with Gasteiger partial charge in [0.25, 0.3) is 0 Å². The second-order valence-corrected chi connectivity index (χ2v) is 6.91. The molecule has 0 aromatic heterocycles. The van der Waals surface area contributed by atoms with Gasteiger partial charge in [-0.2, -0.15) is 0 Å². The van der Waals surface area contributed by atoms with E-state index in [1.165, 1.54) is 13.2 Å². The molecular weight excluding hydrogens is 336 g/mol. The van der Waals surface area contributed by atoms with E-state index in [0.29, 0.717) is 6.54 Å². The molecule has 0 radical (unpaired) electrons.